The maximum atomic E-state index is 14.8. The first kappa shape index (κ1) is 20.3. The number of allylic oxidation sites excluding steroid dienone is 2. The van der Waals surface area contributed by atoms with Crippen LogP contribution in [-0.4, -0.2) is 42.2 Å². The van der Waals surface area contributed by atoms with Gasteiger partial charge in [0.05, 0.1) is 19.8 Å². The topological polar surface area (TPSA) is 59.6 Å². The van der Waals surface area contributed by atoms with E-state index in [1.54, 1.807) is 0 Å². The number of amides is 1. The number of rotatable bonds is 7. The summed E-state index contributed by atoms with van der Waals surface area (Å²) in [7, 11) is 0. The lowest BCUT2D eigenvalue weighted by Gasteiger charge is -2.50. The first-order chi connectivity index (χ1) is 13.6. The third-order valence-corrected chi connectivity index (χ3v) is 7.86. The molecule has 4 atom stereocenters. The summed E-state index contributed by atoms with van der Waals surface area (Å²) in [6.07, 6.45) is 9.53. The lowest BCUT2D eigenvalue weighted by atomic mass is 9.61. The highest BCUT2D eigenvalue weighted by atomic mass is 127. The standard InChI is InChI=1S/C21H28FIN2O3/c22-19-11-17(28-7-1-2-18-14-10-15(18)13-24-12-14)3-6-21(19,23)20(26)25-16-4-8-27-9-5-16/h3-4,11,14-15,18,24H,1-2,5-10,12-13H2,(H,25,26)/t14-,15+,18?,21-/m1/s1. The molecule has 4 rings (SSSR count). The van der Waals surface area contributed by atoms with Gasteiger partial charge in [-0.15, -0.1) is 0 Å². The van der Waals surface area contributed by atoms with Crippen molar-refractivity contribution in [1.82, 2.24) is 10.6 Å². The van der Waals surface area contributed by atoms with E-state index in [9.17, 15) is 9.18 Å². The van der Waals surface area contributed by atoms with Crippen molar-refractivity contribution in [2.75, 3.05) is 32.9 Å². The van der Waals surface area contributed by atoms with Gasteiger partial charge in [-0.3, -0.25) is 4.79 Å². The fraction of sp³-hybridized carbons (Fsp3) is 0.667. The fourth-order valence-electron chi connectivity index (χ4n) is 4.66. The summed E-state index contributed by atoms with van der Waals surface area (Å²) in [6, 6.07) is 0. The Morgan fingerprint density at radius 2 is 2.21 bits per heavy atom. The van der Waals surface area contributed by atoms with Crippen LogP contribution in [-0.2, 0) is 14.3 Å². The Morgan fingerprint density at radius 1 is 1.39 bits per heavy atom. The molecule has 0 aromatic heterocycles. The van der Waals surface area contributed by atoms with E-state index in [0.717, 1.165) is 43.0 Å². The van der Waals surface area contributed by atoms with Crippen molar-refractivity contribution in [3.05, 3.63) is 35.5 Å². The number of halogens is 2. The number of ether oxygens (including phenoxy) is 2. The molecule has 7 heteroatoms. The van der Waals surface area contributed by atoms with Crippen LogP contribution in [0.4, 0.5) is 4.39 Å². The number of fused-ring (bicyclic) bond motifs is 2. The highest BCUT2D eigenvalue weighted by Crippen LogP contribution is 2.45. The Bertz CT molecular complexity index is 694. The Labute approximate surface area is 179 Å². The van der Waals surface area contributed by atoms with E-state index in [4.69, 9.17) is 9.47 Å². The van der Waals surface area contributed by atoms with Crippen LogP contribution in [0.15, 0.2) is 35.5 Å². The Balaban J connectivity index is 1.23. The van der Waals surface area contributed by atoms with Crippen molar-refractivity contribution in [2.24, 2.45) is 17.8 Å². The molecule has 2 bridgehead atoms. The van der Waals surface area contributed by atoms with Gasteiger partial charge < -0.3 is 20.1 Å². The van der Waals surface area contributed by atoms with Crippen molar-refractivity contribution < 1.29 is 18.7 Å². The van der Waals surface area contributed by atoms with Gasteiger partial charge in [0, 0.05) is 18.2 Å². The molecule has 2 fully saturated rings. The van der Waals surface area contributed by atoms with Crippen LogP contribution < -0.4 is 10.6 Å². The Kier molecular flexibility index (Phi) is 6.42. The maximum absolute atomic E-state index is 14.8. The van der Waals surface area contributed by atoms with Crippen LogP contribution in [0.25, 0.3) is 0 Å². The van der Waals surface area contributed by atoms with E-state index in [1.807, 2.05) is 34.7 Å². The van der Waals surface area contributed by atoms with Gasteiger partial charge in [-0.1, -0.05) is 22.6 Å². The number of piperidine rings is 2. The van der Waals surface area contributed by atoms with Crippen molar-refractivity contribution in [1.29, 1.82) is 0 Å². The van der Waals surface area contributed by atoms with E-state index in [1.165, 1.54) is 18.9 Å². The quantitative estimate of drug-likeness (QED) is 0.319. The van der Waals surface area contributed by atoms with Gasteiger partial charge in [0.1, 0.15) is 11.6 Å². The molecule has 1 unspecified atom stereocenters. The zero-order valence-corrected chi connectivity index (χ0v) is 18.2. The molecule has 2 heterocycles. The third kappa shape index (κ3) is 4.31. The molecule has 5 nitrogen and oxygen atoms in total. The minimum Gasteiger partial charge on any atom is -0.494 e. The molecule has 2 aliphatic carbocycles. The van der Waals surface area contributed by atoms with Crippen molar-refractivity contribution in [3.8, 4) is 0 Å². The van der Waals surface area contributed by atoms with Crippen LogP contribution in [0, 0.1) is 17.8 Å². The molecule has 1 amide bonds. The number of carbonyl (C=O) groups excluding carboxylic acids is 1. The molecule has 2 aliphatic heterocycles. The van der Waals surface area contributed by atoms with Gasteiger partial charge in [-0.2, -0.15) is 0 Å². The zero-order chi connectivity index (χ0) is 19.6. The zero-order valence-electron chi connectivity index (χ0n) is 16.0. The van der Waals surface area contributed by atoms with Crippen LogP contribution >= 0.6 is 22.6 Å². The van der Waals surface area contributed by atoms with E-state index in [0.29, 0.717) is 38.4 Å². The average Bonchev–Trinajstić information content (AvgIpc) is 2.71. The summed E-state index contributed by atoms with van der Waals surface area (Å²) in [4.78, 5) is 12.6. The molecular weight excluding hydrogens is 474 g/mol. The molecule has 1 saturated carbocycles. The number of carbonyl (C=O) groups is 1. The van der Waals surface area contributed by atoms with Gasteiger partial charge >= 0.3 is 0 Å². The molecule has 28 heavy (non-hydrogen) atoms. The fourth-order valence-corrected chi connectivity index (χ4v) is 5.17. The van der Waals surface area contributed by atoms with E-state index in [-0.39, 0.29) is 5.91 Å². The van der Waals surface area contributed by atoms with Gasteiger partial charge in [0.2, 0.25) is 5.91 Å². The minimum absolute atomic E-state index is 0.291. The second-order valence-corrected chi connectivity index (χ2v) is 10.0. The predicted octanol–water partition coefficient (Wildman–Crippen LogP) is 3.37. The van der Waals surface area contributed by atoms with Crippen LogP contribution in [0.1, 0.15) is 32.1 Å². The Hall–Kier alpha value is -0.930. The molecule has 154 valence electrons. The van der Waals surface area contributed by atoms with Crippen LogP contribution in [0.2, 0.25) is 0 Å². The molecule has 2 N–H and O–H groups in total. The van der Waals surface area contributed by atoms with E-state index >= 15 is 0 Å². The predicted molar refractivity (Wildman–Crippen MR) is 113 cm³/mol. The van der Waals surface area contributed by atoms with E-state index < -0.39 is 9.25 Å². The molecule has 0 spiro atoms. The number of hydrogen-bond donors (Lipinski definition) is 2. The Morgan fingerprint density at radius 3 is 2.89 bits per heavy atom. The first-order valence-electron chi connectivity index (χ1n) is 10.2. The second-order valence-electron chi connectivity index (χ2n) is 8.18. The molecular formula is C21H28FIN2O3. The summed E-state index contributed by atoms with van der Waals surface area (Å²) in [6.45, 7) is 3.98. The average molecular weight is 502 g/mol. The lowest BCUT2D eigenvalue weighted by molar-refractivity contribution is -0.121. The monoisotopic (exact) mass is 502 g/mol. The van der Waals surface area contributed by atoms with Crippen molar-refractivity contribution in [2.45, 2.75) is 35.5 Å². The minimum atomic E-state index is -1.21. The number of alkyl halides is 1. The van der Waals surface area contributed by atoms with Gasteiger partial charge in [-0.25, -0.2) is 4.39 Å². The second kappa shape index (κ2) is 8.83. The molecule has 0 aromatic rings. The summed E-state index contributed by atoms with van der Waals surface area (Å²) in [5.41, 5.74) is 0.807. The SMILES string of the molecule is O=C(NC1=CCOCC1)[C@@]1(I)CC=C(OCCCC2[C@@H]3CNC[C@H]2C3)C=C1F. The highest BCUT2D eigenvalue weighted by molar-refractivity contribution is 14.1. The first-order valence-corrected chi connectivity index (χ1v) is 11.3. The third-order valence-electron chi connectivity index (χ3n) is 6.41. The van der Waals surface area contributed by atoms with Gasteiger partial charge in [-0.05, 0) is 68.7 Å². The van der Waals surface area contributed by atoms with Crippen LogP contribution in [0.3, 0.4) is 0 Å². The maximum Gasteiger partial charge on any atom is 0.247 e. The molecule has 1 saturated heterocycles. The summed E-state index contributed by atoms with van der Waals surface area (Å²) >= 11 is 1.91. The van der Waals surface area contributed by atoms with Gasteiger partial charge in [0.15, 0.2) is 3.42 Å². The molecule has 0 radical (unpaired) electrons. The number of hydrogen-bond acceptors (Lipinski definition) is 4. The van der Waals surface area contributed by atoms with Gasteiger partial charge in [0.25, 0.3) is 0 Å². The molecule has 0 aromatic carbocycles. The van der Waals surface area contributed by atoms with Crippen molar-refractivity contribution in [3.63, 3.8) is 0 Å². The van der Waals surface area contributed by atoms with E-state index in [2.05, 4.69) is 10.6 Å². The smallest absolute Gasteiger partial charge is 0.247 e. The lowest BCUT2D eigenvalue weighted by Crippen LogP contribution is -2.53. The van der Waals surface area contributed by atoms with Crippen LogP contribution in [0.5, 0.6) is 0 Å². The summed E-state index contributed by atoms with van der Waals surface area (Å²) in [5.74, 6) is 2.29. The largest absolute Gasteiger partial charge is 0.494 e. The molecule has 4 aliphatic rings. The number of nitrogens with one attached hydrogen (secondary N) is 2. The summed E-state index contributed by atoms with van der Waals surface area (Å²) < 4.78 is 24.6. The summed E-state index contributed by atoms with van der Waals surface area (Å²) in [5, 5.41) is 6.32. The highest BCUT2D eigenvalue weighted by Gasteiger charge is 2.43. The van der Waals surface area contributed by atoms with Crippen molar-refractivity contribution >= 4 is 28.5 Å². The normalized spacial score (nSPS) is 34.5.